The van der Waals surface area contributed by atoms with Gasteiger partial charge in [-0.2, -0.15) is 0 Å². The molecule has 7 heteroatoms. The third-order valence-electron chi connectivity index (χ3n) is 3.41. The first kappa shape index (κ1) is 17.0. The molecule has 0 atom stereocenters. The summed E-state index contributed by atoms with van der Waals surface area (Å²) in [5, 5.41) is 9.14. The van der Waals surface area contributed by atoms with Gasteiger partial charge in [-0.1, -0.05) is 12.1 Å². The Morgan fingerprint density at radius 1 is 1.09 bits per heavy atom. The fraction of sp³-hybridized carbons (Fsp3) is 0.188. The molecule has 0 bridgehead atoms. The molecule has 0 heterocycles. The van der Waals surface area contributed by atoms with Crippen molar-refractivity contribution in [2.75, 3.05) is 4.72 Å². The van der Waals surface area contributed by atoms with Gasteiger partial charge in [0.25, 0.3) is 10.0 Å². The van der Waals surface area contributed by atoms with Crippen LogP contribution in [0, 0.1) is 26.6 Å². The quantitative estimate of drug-likeness (QED) is 0.897. The lowest BCUT2D eigenvalue weighted by atomic mass is 10.1. The van der Waals surface area contributed by atoms with Crippen LogP contribution in [0.3, 0.4) is 0 Å². The zero-order valence-corrected chi connectivity index (χ0v) is 13.7. The Morgan fingerprint density at radius 2 is 1.74 bits per heavy atom. The number of carboxylic acid groups (broad SMARTS) is 1. The van der Waals surface area contributed by atoms with E-state index in [1.54, 1.807) is 26.8 Å². The molecule has 23 heavy (non-hydrogen) atoms. The Labute approximate surface area is 133 Å². The summed E-state index contributed by atoms with van der Waals surface area (Å²) < 4.78 is 41.0. The van der Waals surface area contributed by atoms with Gasteiger partial charge >= 0.3 is 5.97 Å². The van der Waals surface area contributed by atoms with Crippen LogP contribution in [0.1, 0.15) is 27.0 Å². The van der Waals surface area contributed by atoms with Gasteiger partial charge in [0, 0.05) is 0 Å². The molecule has 0 spiro atoms. The van der Waals surface area contributed by atoms with E-state index in [2.05, 4.69) is 4.72 Å². The lowest BCUT2D eigenvalue weighted by molar-refractivity contribution is 0.0696. The van der Waals surface area contributed by atoms with Crippen molar-refractivity contribution in [2.45, 2.75) is 25.7 Å². The lowest BCUT2D eigenvalue weighted by Crippen LogP contribution is -2.16. The highest BCUT2D eigenvalue weighted by Gasteiger charge is 2.22. The Kier molecular flexibility index (Phi) is 4.42. The molecule has 0 aliphatic carbocycles. The highest BCUT2D eigenvalue weighted by molar-refractivity contribution is 7.92. The van der Waals surface area contributed by atoms with Crippen molar-refractivity contribution in [3.63, 3.8) is 0 Å². The molecule has 0 saturated heterocycles. The van der Waals surface area contributed by atoms with Gasteiger partial charge in [-0.15, -0.1) is 0 Å². The normalized spacial score (nSPS) is 11.3. The maximum absolute atomic E-state index is 13.8. The van der Waals surface area contributed by atoms with Gasteiger partial charge in [0.15, 0.2) is 0 Å². The highest BCUT2D eigenvalue weighted by Crippen LogP contribution is 2.24. The van der Waals surface area contributed by atoms with E-state index in [1.165, 1.54) is 18.2 Å². The summed E-state index contributed by atoms with van der Waals surface area (Å²) in [5.74, 6) is -1.92. The van der Waals surface area contributed by atoms with E-state index in [9.17, 15) is 17.6 Å². The maximum atomic E-state index is 13.8. The van der Waals surface area contributed by atoms with Crippen LogP contribution in [0.25, 0.3) is 0 Å². The number of halogens is 1. The van der Waals surface area contributed by atoms with Gasteiger partial charge in [-0.25, -0.2) is 17.6 Å². The van der Waals surface area contributed by atoms with E-state index in [1.807, 2.05) is 0 Å². The molecule has 2 aromatic rings. The first-order valence-electron chi connectivity index (χ1n) is 6.75. The van der Waals surface area contributed by atoms with Gasteiger partial charge in [0.2, 0.25) is 0 Å². The molecular formula is C16H16FNO4S. The summed E-state index contributed by atoms with van der Waals surface area (Å²) in [6.07, 6.45) is 0. The number of aryl methyl sites for hydroxylation is 3. The molecule has 0 saturated carbocycles. The Hall–Kier alpha value is -2.41. The van der Waals surface area contributed by atoms with Crippen LogP contribution >= 0.6 is 0 Å². The Bertz CT molecular complexity index is 891. The smallest absolute Gasteiger partial charge is 0.335 e. The van der Waals surface area contributed by atoms with Crippen LogP contribution < -0.4 is 4.72 Å². The fourth-order valence-electron chi connectivity index (χ4n) is 2.25. The zero-order valence-electron chi connectivity index (χ0n) is 12.8. The van der Waals surface area contributed by atoms with Crippen molar-refractivity contribution >= 4 is 21.7 Å². The van der Waals surface area contributed by atoms with Crippen LogP contribution in [-0.2, 0) is 10.0 Å². The minimum absolute atomic E-state index is 0.111. The molecule has 0 unspecified atom stereocenters. The molecule has 2 N–H and O–H groups in total. The molecule has 2 aromatic carbocycles. The molecule has 0 fully saturated rings. The molecule has 0 aromatic heterocycles. The van der Waals surface area contributed by atoms with E-state index >= 15 is 0 Å². The second kappa shape index (κ2) is 6.00. The minimum Gasteiger partial charge on any atom is -0.478 e. The number of hydrogen-bond donors (Lipinski definition) is 2. The van der Waals surface area contributed by atoms with Gasteiger partial charge < -0.3 is 5.11 Å². The predicted octanol–water partition coefficient (Wildman–Crippen LogP) is 3.25. The van der Waals surface area contributed by atoms with Crippen molar-refractivity contribution in [1.29, 1.82) is 0 Å². The Balaban J connectivity index is 2.51. The van der Waals surface area contributed by atoms with Gasteiger partial charge in [-0.05, 0) is 55.7 Å². The number of sulfonamides is 1. The van der Waals surface area contributed by atoms with Crippen LogP contribution in [-0.4, -0.2) is 19.5 Å². The summed E-state index contributed by atoms with van der Waals surface area (Å²) in [6.45, 7) is 4.82. The van der Waals surface area contributed by atoms with Crippen molar-refractivity contribution in [3.8, 4) is 0 Å². The largest absolute Gasteiger partial charge is 0.478 e. The van der Waals surface area contributed by atoms with Crippen molar-refractivity contribution in [3.05, 3.63) is 58.4 Å². The van der Waals surface area contributed by atoms with Crippen LogP contribution in [0.15, 0.2) is 35.2 Å². The standard InChI is InChI=1S/C16H16FNO4S/c1-9-4-5-14(13(17)6-9)18-23(21,22)15-8-12(16(19)20)10(2)7-11(15)3/h4-8,18H,1-3H3,(H,19,20). The number of rotatable bonds is 4. The van der Waals surface area contributed by atoms with Crippen LogP contribution in [0.2, 0.25) is 0 Å². The fourth-order valence-corrected chi connectivity index (χ4v) is 3.58. The number of carboxylic acids is 1. The number of anilines is 1. The summed E-state index contributed by atoms with van der Waals surface area (Å²) in [6, 6.07) is 6.67. The van der Waals surface area contributed by atoms with E-state index in [0.29, 0.717) is 16.7 Å². The summed E-state index contributed by atoms with van der Waals surface area (Å²) in [7, 11) is -4.11. The number of hydrogen-bond acceptors (Lipinski definition) is 3. The van der Waals surface area contributed by atoms with Gasteiger partial charge in [0.05, 0.1) is 16.1 Å². The average molecular weight is 337 g/mol. The second-order valence-corrected chi connectivity index (χ2v) is 6.98. The van der Waals surface area contributed by atoms with Crippen LogP contribution in [0.5, 0.6) is 0 Å². The predicted molar refractivity (Wildman–Crippen MR) is 84.8 cm³/mol. The first-order chi connectivity index (χ1) is 10.6. The molecule has 0 amide bonds. The minimum atomic E-state index is -4.11. The number of aromatic carboxylic acids is 1. The molecule has 0 aliphatic rings. The molecule has 0 radical (unpaired) electrons. The lowest BCUT2D eigenvalue weighted by Gasteiger charge is -2.13. The van der Waals surface area contributed by atoms with Crippen LogP contribution in [0.4, 0.5) is 10.1 Å². The Morgan fingerprint density at radius 3 is 2.30 bits per heavy atom. The van der Waals surface area contributed by atoms with Gasteiger partial charge in [-0.3, -0.25) is 4.72 Å². The third kappa shape index (κ3) is 3.50. The number of carbonyl (C=O) groups is 1. The molecule has 0 aliphatic heterocycles. The van der Waals surface area contributed by atoms with Crippen molar-refractivity contribution < 1.29 is 22.7 Å². The molecule has 5 nitrogen and oxygen atoms in total. The SMILES string of the molecule is Cc1ccc(NS(=O)(=O)c2cc(C(=O)O)c(C)cc2C)c(F)c1. The molecule has 122 valence electrons. The number of nitrogens with one attached hydrogen (secondary N) is 1. The van der Waals surface area contributed by atoms with E-state index in [0.717, 1.165) is 6.07 Å². The highest BCUT2D eigenvalue weighted by atomic mass is 32.2. The topological polar surface area (TPSA) is 83.5 Å². The maximum Gasteiger partial charge on any atom is 0.335 e. The van der Waals surface area contributed by atoms with E-state index in [4.69, 9.17) is 5.11 Å². The van der Waals surface area contributed by atoms with E-state index in [-0.39, 0.29) is 16.1 Å². The molecule has 2 rings (SSSR count). The third-order valence-corrected chi connectivity index (χ3v) is 4.92. The summed E-state index contributed by atoms with van der Waals surface area (Å²) in [4.78, 5) is 11.0. The summed E-state index contributed by atoms with van der Waals surface area (Å²) >= 11 is 0. The second-order valence-electron chi connectivity index (χ2n) is 5.33. The first-order valence-corrected chi connectivity index (χ1v) is 8.23. The average Bonchev–Trinajstić information content (AvgIpc) is 2.41. The van der Waals surface area contributed by atoms with E-state index < -0.39 is 21.8 Å². The summed E-state index contributed by atoms with van der Waals surface area (Å²) in [5.41, 5.74) is 1.20. The van der Waals surface area contributed by atoms with Crippen molar-refractivity contribution in [1.82, 2.24) is 0 Å². The monoisotopic (exact) mass is 337 g/mol. The number of benzene rings is 2. The van der Waals surface area contributed by atoms with Crippen molar-refractivity contribution in [2.24, 2.45) is 0 Å². The van der Waals surface area contributed by atoms with Gasteiger partial charge in [0.1, 0.15) is 5.82 Å². The zero-order chi connectivity index (χ0) is 17.4. The molecular weight excluding hydrogens is 321 g/mol.